The summed E-state index contributed by atoms with van der Waals surface area (Å²) in [5, 5.41) is 8.34. The summed E-state index contributed by atoms with van der Waals surface area (Å²) in [4.78, 5) is 35.6. The molecule has 1 aliphatic carbocycles. The number of hydrogen-bond donors (Lipinski definition) is 2. The van der Waals surface area contributed by atoms with E-state index in [9.17, 15) is 4.79 Å². The highest BCUT2D eigenvalue weighted by molar-refractivity contribution is 6.02. The number of hydroxylamine groups is 1. The van der Waals surface area contributed by atoms with Gasteiger partial charge in [0.25, 0.3) is 0 Å². The van der Waals surface area contributed by atoms with E-state index in [1.54, 1.807) is 7.11 Å². The molecule has 1 atom stereocenters. The minimum Gasteiger partial charge on any atom is -0.494 e. The zero-order valence-corrected chi connectivity index (χ0v) is 31.0. The minimum absolute atomic E-state index is 0.0230. The Morgan fingerprint density at radius 2 is 1.67 bits per heavy atom. The van der Waals surface area contributed by atoms with Crippen LogP contribution in [-0.4, -0.2) is 90.7 Å². The second-order valence-corrected chi connectivity index (χ2v) is 15.3. The van der Waals surface area contributed by atoms with Crippen LogP contribution in [0.15, 0.2) is 61.4 Å². The van der Waals surface area contributed by atoms with E-state index in [0.717, 1.165) is 68.3 Å². The molecule has 1 amide bonds. The van der Waals surface area contributed by atoms with Gasteiger partial charge in [-0.25, -0.2) is 15.0 Å². The molecule has 52 heavy (non-hydrogen) atoms. The third-order valence-electron chi connectivity index (χ3n) is 10.4. The van der Waals surface area contributed by atoms with Crippen LogP contribution in [0, 0.1) is 17.3 Å². The number of nitrogens with zero attached hydrogens (tertiary/aromatic N) is 6. The van der Waals surface area contributed by atoms with Gasteiger partial charge in [0.1, 0.15) is 17.9 Å². The first-order valence-electron chi connectivity index (χ1n) is 18.7. The van der Waals surface area contributed by atoms with Crippen molar-refractivity contribution in [1.82, 2.24) is 19.8 Å². The van der Waals surface area contributed by atoms with Crippen molar-refractivity contribution in [2.75, 3.05) is 73.6 Å². The highest BCUT2D eigenvalue weighted by Crippen LogP contribution is 2.41. The first-order valence-corrected chi connectivity index (χ1v) is 18.7. The highest BCUT2D eigenvalue weighted by atomic mass is 16.7. The molecule has 274 valence electrons. The van der Waals surface area contributed by atoms with Gasteiger partial charge in [0, 0.05) is 80.9 Å². The lowest BCUT2D eigenvalue weighted by Gasteiger charge is -2.43. The molecule has 1 unspecified atom stereocenters. The maximum Gasteiger partial charge on any atom is 0.247 e. The number of methoxy groups -OCH3 is 1. The van der Waals surface area contributed by atoms with Crippen molar-refractivity contribution >= 4 is 34.6 Å². The zero-order valence-electron chi connectivity index (χ0n) is 31.0. The number of carbonyl (C=O) groups is 1. The van der Waals surface area contributed by atoms with Crippen molar-refractivity contribution in [3.63, 3.8) is 0 Å². The number of ether oxygens (including phenoxy) is 1. The lowest BCUT2D eigenvalue weighted by molar-refractivity contribution is -0.111. The lowest BCUT2D eigenvalue weighted by Crippen LogP contribution is -2.53. The van der Waals surface area contributed by atoms with Gasteiger partial charge in [-0.1, -0.05) is 30.6 Å². The van der Waals surface area contributed by atoms with Crippen molar-refractivity contribution < 1.29 is 14.4 Å². The van der Waals surface area contributed by atoms with Crippen LogP contribution < -0.4 is 25.3 Å². The van der Waals surface area contributed by atoms with Crippen molar-refractivity contribution in [3.05, 3.63) is 72.6 Å². The molecule has 2 aromatic carbocycles. The molecule has 3 aliphatic heterocycles. The Labute approximate surface area is 308 Å². The van der Waals surface area contributed by atoms with Crippen LogP contribution in [0.25, 0.3) is 0 Å². The van der Waals surface area contributed by atoms with E-state index in [2.05, 4.69) is 86.6 Å². The van der Waals surface area contributed by atoms with Crippen LogP contribution in [0.1, 0.15) is 70.0 Å². The standard InChI is InChI=1S/C41H52N8O3/c1-6-40(50)45-33-25-34(37(51-5)26-36(33)48-17-13-32(14-18-48)47-21-19-46(20-22-47)31-10-11-31)44-38-27-39(43-28-42-38)49-35(15-23-52-49)30-9-7-8-29(24-30)12-16-41(2,3)4/h6-9,24-28,31-32,35H,1,10-11,13-15,17-23H2,2-5H3,(H,45,50)(H,42,43,44). The minimum atomic E-state index is -0.268. The number of benzene rings is 2. The molecule has 1 saturated carbocycles. The lowest BCUT2D eigenvalue weighted by atomic mass is 9.96. The van der Waals surface area contributed by atoms with Gasteiger partial charge in [0.2, 0.25) is 5.91 Å². The number of nitrogens with one attached hydrogen (secondary N) is 2. The fourth-order valence-electron chi connectivity index (χ4n) is 7.52. The van der Waals surface area contributed by atoms with Crippen LogP contribution in [0.3, 0.4) is 0 Å². The van der Waals surface area contributed by atoms with Gasteiger partial charge in [-0.2, -0.15) is 0 Å². The molecule has 2 N–H and O–H groups in total. The van der Waals surface area contributed by atoms with Gasteiger partial charge >= 0.3 is 0 Å². The zero-order chi connectivity index (χ0) is 36.2. The Hall–Kier alpha value is -4.63. The van der Waals surface area contributed by atoms with Gasteiger partial charge in [0.15, 0.2) is 5.82 Å². The van der Waals surface area contributed by atoms with Crippen molar-refractivity contribution in [3.8, 4) is 17.6 Å². The average molecular weight is 705 g/mol. The Kier molecular flexibility index (Phi) is 10.7. The fraction of sp³-hybridized carbons (Fsp3) is 0.488. The molecular weight excluding hydrogens is 653 g/mol. The maximum absolute atomic E-state index is 12.7. The number of piperazine rings is 1. The molecule has 4 aliphatic rings. The molecule has 3 aromatic rings. The van der Waals surface area contributed by atoms with E-state index in [4.69, 9.17) is 9.57 Å². The predicted octanol–water partition coefficient (Wildman–Crippen LogP) is 6.38. The van der Waals surface area contributed by atoms with Gasteiger partial charge in [0.05, 0.1) is 36.8 Å². The van der Waals surface area contributed by atoms with Crippen LogP contribution in [0.4, 0.5) is 28.7 Å². The van der Waals surface area contributed by atoms with E-state index in [0.29, 0.717) is 41.4 Å². The van der Waals surface area contributed by atoms with Crippen LogP contribution in [-0.2, 0) is 9.63 Å². The first-order chi connectivity index (χ1) is 25.2. The smallest absolute Gasteiger partial charge is 0.247 e. The maximum atomic E-state index is 12.7. The molecule has 11 nitrogen and oxygen atoms in total. The van der Waals surface area contributed by atoms with Gasteiger partial charge in [-0.15, -0.1) is 0 Å². The van der Waals surface area contributed by atoms with Crippen LogP contribution >= 0.6 is 0 Å². The Morgan fingerprint density at radius 3 is 2.35 bits per heavy atom. The largest absolute Gasteiger partial charge is 0.494 e. The number of anilines is 5. The number of hydrogen-bond acceptors (Lipinski definition) is 10. The molecule has 7 rings (SSSR count). The monoisotopic (exact) mass is 704 g/mol. The first kappa shape index (κ1) is 35.8. The fourth-order valence-corrected chi connectivity index (χ4v) is 7.52. The normalized spacial score (nSPS) is 20.3. The van der Waals surface area contributed by atoms with E-state index in [1.807, 2.05) is 35.4 Å². The molecule has 1 aromatic heterocycles. The SMILES string of the molecule is C=CC(=O)Nc1cc(Nc2cc(N3OCCC3c3cccc(C#CC(C)(C)C)c3)ncn2)c(OC)cc1N1CCC(N2CCN(C3CC3)CC2)CC1. The summed E-state index contributed by atoms with van der Waals surface area (Å²) in [5.74, 6) is 8.24. The molecule has 3 saturated heterocycles. The third kappa shape index (κ3) is 8.52. The molecule has 11 heteroatoms. The highest BCUT2D eigenvalue weighted by Gasteiger charge is 2.34. The van der Waals surface area contributed by atoms with Gasteiger partial charge in [-0.05, 0) is 76.3 Å². The summed E-state index contributed by atoms with van der Waals surface area (Å²) in [6, 6.07) is 15.5. The Balaban J connectivity index is 1.07. The molecule has 0 spiro atoms. The summed E-state index contributed by atoms with van der Waals surface area (Å²) in [6.07, 6.45) is 8.55. The van der Waals surface area contributed by atoms with Crippen molar-refractivity contribution in [2.45, 2.75) is 71.0 Å². The molecule has 4 heterocycles. The summed E-state index contributed by atoms with van der Waals surface area (Å²) >= 11 is 0. The van der Waals surface area contributed by atoms with Crippen LogP contribution in [0.5, 0.6) is 5.75 Å². The number of amides is 1. The number of carbonyl (C=O) groups excluding carboxylic acids is 1. The average Bonchev–Trinajstić information content (AvgIpc) is 3.89. The number of aromatic nitrogens is 2. The molecule has 0 bridgehead atoms. The molecular formula is C41H52N8O3. The van der Waals surface area contributed by atoms with Gasteiger partial charge < -0.3 is 20.3 Å². The van der Waals surface area contributed by atoms with Crippen LogP contribution in [0.2, 0.25) is 0 Å². The summed E-state index contributed by atoms with van der Waals surface area (Å²) in [7, 11) is 1.66. The molecule has 0 radical (unpaired) electrons. The van der Waals surface area contributed by atoms with E-state index < -0.39 is 0 Å². The Bertz CT molecular complexity index is 1810. The van der Waals surface area contributed by atoms with E-state index >= 15 is 0 Å². The van der Waals surface area contributed by atoms with Crippen molar-refractivity contribution in [1.29, 1.82) is 0 Å². The summed E-state index contributed by atoms with van der Waals surface area (Å²) in [5.41, 5.74) is 4.31. The summed E-state index contributed by atoms with van der Waals surface area (Å²) < 4.78 is 5.92. The number of rotatable bonds is 10. The molecule has 4 fully saturated rings. The van der Waals surface area contributed by atoms with Gasteiger partial charge in [-0.3, -0.25) is 19.4 Å². The van der Waals surface area contributed by atoms with E-state index in [1.165, 1.54) is 38.3 Å². The Morgan fingerprint density at radius 1 is 0.942 bits per heavy atom. The van der Waals surface area contributed by atoms with E-state index in [-0.39, 0.29) is 17.4 Å². The second kappa shape index (κ2) is 15.5. The quantitative estimate of drug-likeness (QED) is 0.183. The third-order valence-corrected chi connectivity index (χ3v) is 10.4. The predicted molar refractivity (Wildman–Crippen MR) is 207 cm³/mol. The second-order valence-electron chi connectivity index (χ2n) is 15.3. The van der Waals surface area contributed by atoms with Crippen molar-refractivity contribution in [2.24, 2.45) is 5.41 Å². The summed E-state index contributed by atoms with van der Waals surface area (Å²) in [6.45, 7) is 17.1. The topological polar surface area (TPSA) is 98.3 Å². The number of piperidine rings is 1.